The van der Waals surface area contributed by atoms with E-state index in [2.05, 4.69) is 62.3 Å². The largest absolute Gasteiger partial charge is 0.463 e. The molecule has 0 bridgehead atoms. The smallest absolute Gasteiger partial charge is 0.350 e. The maximum absolute atomic E-state index is 11.8. The summed E-state index contributed by atoms with van der Waals surface area (Å²) in [7, 11) is 0. The van der Waals surface area contributed by atoms with Crippen LogP contribution in [0.5, 0.6) is 0 Å². The summed E-state index contributed by atoms with van der Waals surface area (Å²) >= 11 is 0. The molecule has 0 saturated carbocycles. The fourth-order valence-corrected chi connectivity index (χ4v) is 10.5. The van der Waals surface area contributed by atoms with Gasteiger partial charge in [0.15, 0.2) is 0 Å². The van der Waals surface area contributed by atoms with Crippen LogP contribution in [0.3, 0.4) is 0 Å². The molecule has 36 nitrogen and oxygen atoms in total. The van der Waals surface area contributed by atoms with Gasteiger partial charge in [0.25, 0.3) is 0 Å². The van der Waals surface area contributed by atoms with Gasteiger partial charge < -0.3 is 85.3 Å². The van der Waals surface area contributed by atoms with E-state index in [0.717, 1.165) is 70.6 Å². The second kappa shape index (κ2) is 70.3. The van der Waals surface area contributed by atoms with Crippen molar-refractivity contribution in [3.8, 4) is 0 Å². The Labute approximate surface area is 865 Å². The molecule has 0 aromatic heterocycles. The van der Waals surface area contributed by atoms with Crippen molar-refractivity contribution in [1.82, 2.24) is 0 Å². The number of carbonyl (C=O) groups excluding carboxylic acids is 18. The summed E-state index contributed by atoms with van der Waals surface area (Å²) in [5.41, 5.74) is -11.9. The maximum Gasteiger partial charge on any atom is 0.350 e. The highest BCUT2D eigenvalue weighted by Crippen LogP contribution is 2.29. The number of rotatable bonds is 45. The predicted molar refractivity (Wildman–Crippen MR) is 548 cm³/mol. The normalized spacial score (nSPS) is 12.8. The molecule has 0 aliphatic rings. The Balaban J connectivity index is -0.000000203. The van der Waals surface area contributed by atoms with E-state index in [9.17, 15) is 86.3 Å². The lowest BCUT2D eigenvalue weighted by atomic mass is 9.92. The molecule has 0 N–H and O–H groups in total. The summed E-state index contributed by atoms with van der Waals surface area (Å²) in [6.07, 6.45) is 9.18. The van der Waals surface area contributed by atoms with Gasteiger partial charge in [-0.1, -0.05) is 171 Å². The Bertz CT molecular complexity index is 3800. The third-order valence-corrected chi connectivity index (χ3v) is 21.0. The molecule has 0 radical (unpaired) electrons. The second-order valence-electron chi connectivity index (χ2n) is 44.2. The molecule has 0 spiro atoms. The van der Waals surface area contributed by atoms with Crippen molar-refractivity contribution >= 4 is 107 Å². The Kier molecular flexibility index (Phi) is 74.3. The fraction of sp³-hybridized carbons (Fsp3) is 0.833. The van der Waals surface area contributed by atoms with Gasteiger partial charge >= 0.3 is 107 Å². The Hall–Kier alpha value is -9.54. The van der Waals surface area contributed by atoms with Crippen LogP contribution in [-0.2, 0) is 172 Å². The molecule has 0 rings (SSSR count). The van der Waals surface area contributed by atoms with E-state index in [4.69, 9.17) is 85.3 Å². The van der Waals surface area contributed by atoms with Gasteiger partial charge in [0, 0.05) is 62.3 Å². The molecule has 0 aromatic rings. The minimum atomic E-state index is -1.24. The van der Waals surface area contributed by atoms with Crippen LogP contribution >= 0.6 is 0 Å². The molecule has 0 saturated heterocycles. The minimum absolute atomic E-state index is 0.0536. The lowest BCUT2D eigenvalue weighted by Gasteiger charge is -2.33. The van der Waals surface area contributed by atoms with Crippen molar-refractivity contribution in [3.05, 3.63) is 0 Å². The summed E-state index contributed by atoms with van der Waals surface area (Å²) in [4.78, 5) is 202. The first kappa shape index (κ1) is 152. The van der Waals surface area contributed by atoms with Crippen LogP contribution in [0, 0.1) is 46.3 Å². The van der Waals surface area contributed by atoms with Gasteiger partial charge in [-0.2, -0.15) is 0 Å². The lowest BCUT2D eigenvalue weighted by molar-refractivity contribution is -0.189. The van der Waals surface area contributed by atoms with Crippen LogP contribution in [0.25, 0.3) is 0 Å². The molecule has 5 atom stereocenters. The molecule has 0 amide bonds. The molecule has 846 valence electrons. The molecule has 144 heavy (non-hydrogen) atoms. The zero-order chi connectivity index (χ0) is 116. The van der Waals surface area contributed by atoms with E-state index in [1.807, 2.05) is 118 Å². The SMILES string of the molecule is CC(=O)OC(C)(C)C(=O)OC(C)(C)C(C)C.CC(=O)OC(C)(C)C(=O)OC(C)CC(C)C.CC(=O)OC(C)(C)C(=O)OCC(C)C(C)C.CC(=O)OC(C)(C)C(=O)OCCC(C)(C)C.CCC(C)(C)COC(=O)C(C)(C)OC(C)=O.CCC(C)C(C)OC(=O)C(C)(C)OC(C)=O.CCC(CC)COC(=O)C(C)(C)OC(C)=O.CCCC(C)(C)OC(=O)C(C)(C)OC(C)=O.CCCC(CC)OC(=O)C(C)(C)OC(C)=O. The van der Waals surface area contributed by atoms with Gasteiger partial charge in [0.2, 0.25) is 50.4 Å². The molecule has 0 heterocycles. The summed E-state index contributed by atoms with van der Waals surface area (Å²) < 4.78 is 90.9. The number of hydrogen-bond donors (Lipinski definition) is 0. The van der Waals surface area contributed by atoms with Crippen molar-refractivity contribution in [2.24, 2.45) is 46.3 Å². The van der Waals surface area contributed by atoms with Crippen LogP contribution in [0.2, 0.25) is 0 Å². The average molecular weight is 2070 g/mol. The average Bonchev–Trinajstić information content (AvgIpc) is 0.825. The number of ether oxygens (including phenoxy) is 18. The van der Waals surface area contributed by atoms with Crippen LogP contribution in [0.1, 0.15) is 438 Å². The van der Waals surface area contributed by atoms with Crippen LogP contribution in [0.15, 0.2) is 0 Å². The van der Waals surface area contributed by atoms with E-state index >= 15 is 0 Å². The molecule has 0 aliphatic carbocycles. The highest BCUT2D eigenvalue weighted by atomic mass is 16.7. The molecule has 0 aromatic carbocycles. The molecule has 0 fully saturated rings. The standard InChI is InChI=1S/9C12H22O4/c1-9(13)16-12(5,6)10(14)15-8-7-11(2,3)4;1-8(2)11(4,5)16-10(14)12(6,7)15-9(3)13;1-8(2)9(3)7-15-11(14)12(5,6)16-10(4)13;1-8(2)7-9(3)15-11(14)12(5,6)16-10(4)13;1-7-11(3,4)8-15-10(14)12(5,6)16-9(2)13;1-7-8-11(3,4)16-10(14)12(5,6)15-9(2)13;1-7-8(2)9(3)15-11(14)12(5,6)16-10(4)13;1-6-10(7-2)8-15-11(14)12(4,5)16-9(3)13;1-6-8-10(7-2)15-11(14)12(4,5)16-9(3)13/h7-8H2,1-6H3;8H,1-7H3;2*8-9H,7H2,1-6H3;2*7-8H2,1-6H3;8-9H,7H2,1-6H3;2*10H,6-8H2,1-5H3. The quantitative estimate of drug-likeness (QED) is 0.0403. The van der Waals surface area contributed by atoms with E-state index in [0.29, 0.717) is 44.2 Å². The van der Waals surface area contributed by atoms with E-state index in [-0.39, 0.29) is 46.9 Å². The monoisotopic (exact) mass is 2070 g/mol. The first-order valence-electron chi connectivity index (χ1n) is 50.0. The molecule has 36 heteroatoms. The third-order valence-electron chi connectivity index (χ3n) is 21.0. The van der Waals surface area contributed by atoms with Gasteiger partial charge in [-0.3, -0.25) is 43.2 Å². The van der Waals surface area contributed by atoms with Gasteiger partial charge in [-0.05, 0) is 251 Å². The van der Waals surface area contributed by atoms with Crippen molar-refractivity contribution in [2.45, 2.75) is 518 Å². The molecule has 0 aliphatic heterocycles. The van der Waals surface area contributed by atoms with E-state index in [1.54, 1.807) is 0 Å². The lowest BCUT2D eigenvalue weighted by Crippen LogP contribution is -2.44. The summed E-state index contributed by atoms with van der Waals surface area (Å²) in [5, 5.41) is 0. The van der Waals surface area contributed by atoms with Crippen molar-refractivity contribution in [3.63, 3.8) is 0 Å². The predicted octanol–water partition coefficient (Wildman–Crippen LogP) is 20.9. The topological polar surface area (TPSA) is 473 Å². The van der Waals surface area contributed by atoms with Crippen LogP contribution in [0.4, 0.5) is 0 Å². The van der Waals surface area contributed by atoms with Gasteiger partial charge in [-0.15, -0.1) is 0 Å². The van der Waals surface area contributed by atoms with Crippen molar-refractivity contribution in [2.75, 3.05) is 26.4 Å². The second-order valence-corrected chi connectivity index (χ2v) is 44.2. The fourth-order valence-electron chi connectivity index (χ4n) is 10.5. The Morgan fingerprint density at radius 2 is 0.556 bits per heavy atom. The molecule has 5 unspecified atom stereocenters. The zero-order valence-electron chi connectivity index (χ0n) is 99.0. The maximum atomic E-state index is 11.8. The summed E-state index contributed by atoms with van der Waals surface area (Å²) in [6.45, 7) is 92.0. The highest BCUT2D eigenvalue weighted by molar-refractivity contribution is 5.87. The molecular formula is C108H198O36. The van der Waals surface area contributed by atoms with Crippen molar-refractivity contribution < 1.29 is 172 Å². The number of esters is 18. The van der Waals surface area contributed by atoms with Crippen LogP contribution < -0.4 is 0 Å². The Morgan fingerprint density at radius 3 is 0.819 bits per heavy atom. The molecular weight excluding hydrogens is 1870 g/mol. The number of carbonyl (C=O) groups is 18. The van der Waals surface area contributed by atoms with Gasteiger partial charge in [0.1, 0.15) is 23.4 Å². The van der Waals surface area contributed by atoms with E-state index < -0.39 is 169 Å². The van der Waals surface area contributed by atoms with Gasteiger partial charge in [0.05, 0.1) is 32.5 Å². The third kappa shape index (κ3) is 78.8. The first-order chi connectivity index (χ1) is 64.4. The zero-order valence-corrected chi connectivity index (χ0v) is 99.0. The van der Waals surface area contributed by atoms with Crippen molar-refractivity contribution in [1.29, 1.82) is 0 Å². The summed E-state index contributed by atoms with van der Waals surface area (Å²) in [6, 6.07) is 0. The highest BCUT2D eigenvalue weighted by Gasteiger charge is 2.43. The van der Waals surface area contributed by atoms with E-state index in [1.165, 1.54) is 187 Å². The Morgan fingerprint density at radius 1 is 0.271 bits per heavy atom. The van der Waals surface area contributed by atoms with Crippen LogP contribution in [-0.4, -0.2) is 214 Å². The minimum Gasteiger partial charge on any atom is -0.463 e. The first-order valence-corrected chi connectivity index (χ1v) is 50.0. The summed E-state index contributed by atoms with van der Waals surface area (Å²) in [5.74, 6) is -6.89. The van der Waals surface area contributed by atoms with Gasteiger partial charge in [-0.25, -0.2) is 43.2 Å². The number of hydrogen-bond acceptors (Lipinski definition) is 36.